The van der Waals surface area contributed by atoms with E-state index in [0.717, 1.165) is 33.4 Å². The molecule has 7 aromatic rings. The minimum absolute atomic E-state index is 0.0543. The maximum Gasteiger partial charge on any atom is 0.335 e. The summed E-state index contributed by atoms with van der Waals surface area (Å²) in [6.45, 7) is 13.4. The van der Waals surface area contributed by atoms with E-state index in [4.69, 9.17) is 18.3 Å². The number of carbonyl (C=O) groups is 1. The summed E-state index contributed by atoms with van der Waals surface area (Å²) in [6, 6.07) is 36.1. The van der Waals surface area contributed by atoms with Crippen LogP contribution in [-0.2, 0) is 24.0 Å². The van der Waals surface area contributed by atoms with Gasteiger partial charge in [0.2, 0.25) is 23.6 Å². The molecule has 55 heavy (non-hydrogen) atoms. The number of aromatic carboxylic acids is 1. The zero-order valence-corrected chi connectivity index (χ0v) is 31.7. The fourth-order valence-electron chi connectivity index (χ4n) is 5.82. The molecular formula is C45H42N4O6. The number of rotatable bonds is 11. The van der Waals surface area contributed by atoms with Gasteiger partial charge in [-0.25, -0.2) is 4.79 Å². The van der Waals surface area contributed by atoms with Crippen LogP contribution in [0.4, 0.5) is 0 Å². The number of carboxylic acid groups (broad SMARTS) is 1. The van der Waals surface area contributed by atoms with E-state index in [1.807, 2.05) is 72.8 Å². The minimum atomic E-state index is -1.09. The van der Waals surface area contributed by atoms with E-state index >= 15 is 0 Å². The fourth-order valence-corrected chi connectivity index (χ4v) is 5.82. The minimum Gasteiger partial charge on any atom is -0.489 e. The summed E-state index contributed by atoms with van der Waals surface area (Å²) in [4.78, 5) is 11.9. The maximum absolute atomic E-state index is 11.9. The SMILES string of the molecule is CC(C)(C)c1ccc(-c2nnc(-c3ccc(COc4cc(OCc5ccc(-c6nnc(-c7ccc(C(C)(C)C)cc7)o6)cc5)cc(C(=O)O)c4)cc3)o2)cc1. The molecule has 1 N–H and O–H groups in total. The van der Waals surface area contributed by atoms with Crippen LogP contribution >= 0.6 is 0 Å². The van der Waals surface area contributed by atoms with Gasteiger partial charge in [0.1, 0.15) is 24.7 Å². The first-order valence-corrected chi connectivity index (χ1v) is 18.0. The topological polar surface area (TPSA) is 134 Å². The number of aromatic nitrogens is 4. The lowest BCUT2D eigenvalue weighted by Crippen LogP contribution is -2.10. The van der Waals surface area contributed by atoms with Crippen molar-refractivity contribution >= 4 is 5.97 Å². The van der Waals surface area contributed by atoms with E-state index in [1.54, 1.807) is 6.07 Å². The van der Waals surface area contributed by atoms with Crippen molar-refractivity contribution in [2.45, 2.75) is 65.6 Å². The lowest BCUT2D eigenvalue weighted by atomic mass is 9.87. The first kappa shape index (κ1) is 36.8. The number of hydrogen-bond donors (Lipinski definition) is 1. The summed E-state index contributed by atoms with van der Waals surface area (Å²) >= 11 is 0. The van der Waals surface area contributed by atoms with Crippen LogP contribution in [0, 0.1) is 0 Å². The van der Waals surface area contributed by atoms with Crippen molar-refractivity contribution in [2.24, 2.45) is 0 Å². The summed E-state index contributed by atoms with van der Waals surface area (Å²) in [6.07, 6.45) is 0. The summed E-state index contributed by atoms with van der Waals surface area (Å²) in [5.74, 6) is 1.38. The first-order chi connectivity index (χ1) is 26.3. The second kappa shape index (κ2) is 15.1. The molecule has 7 rings (SSSR count). The quantitative estimate of drug-likeness (QED) is 0.137. The van der Waals surface area contributed by atoms with E-state index in [0.29, 0.717) is 35.1 Å². The molecule has 0 saturated heterocycles. The highest BCUT2D eigenvalue weighted by Crippen LogP contribution is 2.31. The monoisotopic (exact) mass is 734 g/mol. The third-order valence-corrected chi connectivity index (χ3v) is 9.19. The Morgan fingerprint density at radius 2 is 0.818 bits per heavy atom. The van der Waals surface area contributed by atoms with E-state index in [-0.39, 0.29) is 29.6 Å². The number of nitrogens with zero attached hydrogens (tertiary/aromatic N) is 4. The highest BCUT2D eigenvalue weighted by Gasteiger charge is 2.17. The van der Waals surface area contributed by atoms with Gasteiger partial charge in [-0.1, -0.05) is 90.1 Å². The molecule has 0 amide bonds. The van der Waals surface area contributed by atoms with Gasteiger partial charge in [0.05, 0.1) is 5.56 Å². The number of hydrogen-bond acceptors (Lipinski definition) is 9. The van der Waals surface area contributed by atoms with Crippen LogP contribution in [0.25, 0.3) is 45.8 Å². The Morgan fingerprint density at radius 3 is 1.11 bits per heavy atom. The molecule has 278 valence electrons. The molecule has 10 nitrogen and oxygen atoms in total. The molecule has 10 heteroatoms. The highest BCUT2D eigenvalue weighted by molar-refractivity contribution is 5.88. The molecule has 0 atom stereocenters. The highest BCUT2D eigenvalue weighted by atomic mass is 16.5. The molecule has 5 aromatic carbocycles. The van der Waals surface area contributed by atoms with Gasteiger partial charge in [-0.2, -0.15) is 0 Å². The molecule has 0 spiro atoms. The Labute approximate surface area is 319 Å². The third-order valence-electron chi connectivity index (χ3n) is 9.19. The summed E-state index contributed by atoms with van der Waals surface area (Å²) in [7, 11) is 0. The number of ether oxygens (including phenoxy) is 2. The van der Waals surface area contributed by atoms with Crippen molar-refractivity contribution in [3.05, 3.63) is 143 Å². The summed E-state index contributed by atoms with van der Waals surface area (Å²) < 4.78 is 24.0. The van der Waals surface area contributed by atoms with Crippen LogP contribution in [0.2, 0.25) is 0 Å². The van der Waals surface area contributed by atoms with Gasteiger partial charge in [0.15, 0.2) is 0 Å². The summed E-state index contributed by atoms with van der Waals surface area (Å²) in [5, 5.41) is 26.7. The molecule has 0 radical (unpaired) electrons. The largest absolute Gasteiger partial charge is 0.489 e. The van der Waals surface area contributed by atoms with Gasteiger partial charge in [-0.3, -0.25) is 0 Å². The summed E-state index contributed by atoms with van der Waals surface area (Å²) in [5.41, 5.74) is 7.62. The van der Waals surface area contributed by atoms with Gasteiger partial charge >= 0.3 is 5.97 Å². The molecule has 0 bridgehead atoms. The van der Waals surface area contributed by atoms with Crippen LogP contribution in [0.1, 0.15) is 74.2 Å². The van der Waals surface area contributed by atoms with Crippen LogP contribution in [-0.4, -0.2) is 31.5 Å². The molecular weight excluding hydrogens is 693 g/mol. The van der Waals surface area contributed by atoms with Gasteiger partial charge in [-0.15, -0.1) is 20.4 Å². The Balaban J connectivity index is 0.958. The molecule has 0 aliphatic carbocycles. The van der Waals surface area contributed by atoms with Gasteiger partial charge in [0, 0.05) is 28.3 Å². The van der Waals surface area contributed by atoms with E-state index in [2.05, 4.69) is 86.2 Å². The predicted molar refractivity (Wildman–Crippen MR) is 210 cm³/mol. The average molecular weight is 735 g/mol. The molecule has 0 aliphatic heterocycles. The Kier molecular flexibility index (Phi) is 10.1. The normalized spacial score (nSPS) is 11.7. The van der Waals surface area contributed by atoms with Crippen molar-refractivity contribution in [1.29, 1.82) is 0 Å². The van der Waals surface area contributed by atoms with Crippen molar-refractivity contribution in [3.8, 4) is 57.3 Å². The van der Waals surface area contributed by atoms with Gasteiger partial charge in [-0.05, 0) is 93.7 Å². The van der Waals surface area contributed by atoms with E-state index in [9.17, 15) is 9.90 Å². The molecule has 0 fully saturated rings. The second-order valence-corrected chi connectivity index (χ2v) is 15.4. The van der Waals surface area contributed by atoms with Gasteiger partial charge in [0.25, 0.3) is 0 Å². The number of benzene rings is 5. The number of carboxylic acids is 1. The Bertz CT molecular complexity index is 2240. The van der Waals surface area contributed by atoms with Crippen LogP contribution in [0.5, 0.6) is 11.5 Å². The van der Waals surface area contributed by atoms with E-state index in [1.165, 1.54) is 23.3 Å². The third kappa shape index (κ3) is 8.81. The zero-order valence-electron chi connectivity index (χ0n) is 31.7. The smallest absolute Gasteiger partial charge is 0.335 e. The zero-order chi connectivity index (χ0) is 38.7. The molecule has 2 heterocycles. The first-order valence-electron chi connectivity index (χ1n) is 18.0. The van der Waals surface area contributed by atoms with Crippen LogP contribution in [0.3, 0.4) is 0 Å². The van der Waals surface area contributed by atoms with Crippen molar-refractivity contribution in [1.82, 2.24) is 20.4 Å². The predicted octanol–water partition coefficient (Wildman–Crippen LogP) is 10.6. The fraction of sp³-hybridized carbons (Fsp3) is 0.222. The van der Waals surface area contributed by atoms with Crippen molar-refractivity contribution in [2.75, 3.05) is 0 Å². The lowest BCUT2D eigenvalue weighted by Gasteiger charge is -2.18. The maximum atomic E-state index is 11.9. The van der Waals surface area contributed by atoms with Crippen molar-refractivity contribution in [3.63, 3.8) is 0 Å². The van der Waals surface area contributed by atoms with Crippen LogP contribution in [0.15, 0.2) is 124 Å². The molecule has 0 unspecified atom stereocenters. The van der Waals surface area contributed by atoms with Crippen molar-refractivity contribution < 1.29 is 28.2 Å². The lowest BCUT2D eigenvalue weighted by molar-refractivity contribution is 0.0695. The molecule has 0 saturated carbocycles. The molecule has 0 aliphatic rings. The standard InChI is InChI=1S/C45H42N4O6/c1-44(2,3)35-19-15-32(16-20-35)41-48-46-39(54-41)30-11-7-28(8-12-30)26-52-37-23-34(43(50)51)24-38(25-37)53-27-29-9-13-31(14-10-29)40-47-49-42(55-40)33-17-21-36(22-18-33)45(4,5)6/h7-25H,26-27H2,1-6H3,(H,50,51). The average Bonchev–Trinajstić information content (AvgIpc) is 3.88. The second-order valence-electron chi connectivity index (χ2n) is 15.4. The van der Waals surface area contributed by atoms with E-state index < -0.39 is 5.97 Å². The Hall–Kier alpha value is -6.55. The Morgan fingerprint density at radius 1 is 0.509 bits per heavy atom. The van der Waals surface area contributed by atoms with Gasteiger partial charge < -0.3 is 23.4 Å². The van der Waals surface area contributed by atoms with Crippen LogP contribution < -0.4 is 9.47 Å². The molecule has 2 aromatic heterocycles.